The molecule has 190 valence electrons. The van der Waals surface area contributed by atoms with Crippen LogP contribution in [0.3, 0.4) is 0 Å². The molecule has 2 unspecified atom stereocenters. The lowest BCUT2D eigenvalue weighted by atomic mass is 9.94. The number of methoxy groups -OCH3 is 1. The SMILES string of the molecule is [2H]C(C=C)C[C@H]1OC(OC)[C@@H](OCc2ccccc2)[C@@H](OCc2ccccc2)[C@@H]1OCc1ccccc1. The van der Waals surface area contributed by atoms with Crippen LogP contribution in [0.4, 0.5) is 0 Å². The highest BCUT2D eigenvalue weighted by molar-refractivity contribution is 5.15. The van der Waals surface area contributed by atoms with E-state index < -0.39 is 37.1 Å². The van der Waals surface area contributed by atoms with Gasteiger partial charge in [-0.05, 0) is 29.5 Å². The van der Waals surface area contributed by atoms with Crippen molar-refractivity contribution in [1.82, 2.24) is 0 Å². The highest BCUT2D eigenvalue weighted by atomic mass is 16.7. The molecule has 1 fully saturated rings. The second-order valence-electron chi connectivity index (χ2n) is 8.77. The van der Waals surface area contributed by atoms with E-state index in [1.165, 1.54) is 0 Å². The fourth-order valence-corrected chi connectivity index (χ4v) is 4.36. The summed E-state index contributed by atoms with van der Waals surface area (Å²) in [5.41, 5.74) is 3.14. The minimum atomic E-state index is -0.678. The summed E-state index contributed by atoms with van der Waals surface area (Å²) in [6.07, 6.45) is -1.14. The first kappa shape index (κ1) is 24.9. The molecule has 0 amide bonds. The van der Waals surface area contributed by atoms with Gasteiger partial charge in [-0.2, -0.15) is 0 Å². The van der Waals surface area contributed by atoms with Crippen molar-refractivity contribution in [3.63, 3.8) is 0 Å². The van der Waals surface area contributed by atoms with Crippen molar-refractivity contribution in [2.75, 3.05) is 7.11 Å². The maximum Gasteiger partial charge on any atom is 0.186 e. The van der Waals surface area contributed by atoms with Crippen LogP contribution in [0.2, 0.25) is 0 Å². The summed E-state index contributed by atoms with van der Waals surface area (Å²) in [7, 11) is 1.60. The molecule has 5 nitrogen and oxygen atoms in total. The highest BCUT2D eigenvalue weighted by Crippen LogP contribution is 2.32. The Morgan fingerprint density at radius 2 is 1.17 bits per heavy atom. The minimum absolute atomic E-state index is 0.379. The van der Waals surface area contributed by atoms with Crippen LogP contribution in [0.1, 0.15) is 30.9 Å². The molecule has 5 heteroatoms. The molecule has 0 spiro atoms. The van der Waals surface area contributed by atoms with E-state index in [9.17, 15) is 0 Å². The Morgan fingerprint density at radius 3 is 1.61 bits per heavy atom. The van der Waals surface area contributed by atoms with Gasteiger partial charge >= 0.3 is 0 Å². The first-order valence-electron chi connectivity index (χ1n) is 12.9. The molecule has 6 atom stereocenters. The summed E-state index contributed by atoms with van der Waals surface area (Å²) in [5, 5.41) is 0. The van der Waals surface area contributed by atoms with Gasteiger partial charge in [0.25, 0.3) is 0 Å². The van der Waals surface area contributed by atoms with E-state index in [0.29, 0.717) is 26.2 Å². The molecular weight excluding hydrogens is 452 g/mol. The highest BCUT2D eigenvalue weighted by Gasteiger charge is 2.48. The zero-order valence-corrected chi connectivity index (χ0v) is 20.8. The van der Waals surface area contributed by atoms with Gasteiger partial charge in [-0.15, -0.1) is 6.58 Å². The second kappa shape index (κ2) is 14.1. The van der Waals surface area contributed by atoms with Crippen LogP contribution in [0.5, 0.6) is 0 Å². The summed E-state index contributed by atoms with van der Waals surface area (Å²) in [6.45, 7) is 4.94. The third-order valence-corrected chi connectivity index (χ3v) is 6.21. The Kier molecular flexibility index (Phi) is 9.72. The maximum absolute atomic E-state index is 8.35. The van der Waals surface area contributed by atoms with Crippen molar-refractivity contribution >= 4 is 0 Å². The summed E-state index contributed by atoms with van der Waals surface area (Å²) in [6, 6.07) is 30.0. The third kappa shape index (κ3) is 7.36. The van der Waals surface area contributed by atoms with Crippen molar-refractivity contribution in [2.24, 2.45) is 0 Å². The van der Waals surface area contributed by atoms with Crippen LogP contribution in [-0.2, 0) is 43.5 Å². The van der Waals surface area contributed by atoms with Gasteiger partial charge < -0.3 is 23.7 Å². The van der Waals surface area contributed by atoms with Crippen LogP contribution in [0.15, 0.2) is 104 Å². The number of hydrogen-bond donors (Lipinski definition) is 0. The third-order valence-electron chi connectivity index (χ3n) is 6.21. The molecule has 1 heterocycles. The molecule has 0 aliphatic carbocycles. The molecule has 1 aliphatic rings. The minimum Gasteiger partial charge on any atom is -0.368 e. The molecule has 0 N–H and O–H groups in total. The molecule has 0 bridgehead atoms. The lowest BCUT2D eigenvalue weighted by molar-refractivity contribution is -0.318. The first-order valence-corrected chi connectivity index (χ1v) is 12.4. The Balaban J connectivity index is 1.61. The largest absolute Gasteiger partial charge is 0.368 e. The molecular formula is C31H36O5. The Hall–Kier alpha value is -2.80. The predicted octanol–water partition coefficient (Wildman–Crippen LogP) is 6.08. The monoisotopic (exact) mass is 489 g/mol. The molecule has 0 saturated carbocycles. The molecule has 0 radical (unpaired) electrons. The quantitative estimate of drug-likeness (QED) is 0.272. The van der Waals surface area contributed by atoms with E-state index in [1.54, 1.807) is 13.2 Å². The van der Waals surface area contributed by atoms with Gasteiger partial charge in [0.05, 0.1) is 25.9 Å². The average molecular weight is 490 g/mol. The fraction of sp³-hybridized carbons (Fsp3) is 0.355. The number of hydrogen-bond acceptors (Lipinski definition) is 5. The Labute approximate surface area is 216 Å². The van der Waals surface area contributed by atoms with E-state index in [2.05, 4.69) is 6.58 Å². The maximum atomic E-state index is 8.35. The van der Waals surface area contributed by atoms with Crippen molar-refractivity contribution < 1.29 is 25.1 Å². The zero-order chi connectivity index (χ0) is 25.9. The van der Waals surface area contributed by atoms with Crippen LogP contribution in [-0.4, -0.2) is 37.8 Å². The Morgan fingerprint density at radius 1 is 0.722 bits per heavy atom. The van der Waals surface area contributed by atoms with Crippen molar-refractivity contribution in [1.29, 1.82) is 0 Å². The molecule has 3 aromatic rings. The van der Waals surface area contributed by atoms with Gasteiger partial charge in [-0.25, -0.2) is 0 Å². The number of ether oxygens (including phenoxy) is 5. The molecule has 0 aromatic heterocycles. The standard InChI is InChI=1S/C31H36O5/c1-3-4-20-27-28(33-21-24-14-8-5-9-15-24)29(34-22-25-16-10-6-11-17-25)30(31(32-2)36-27)35-23-26-18-12-7-13-19-26/h3,5-19,27-31H,1,4,20-23H2,2H3/t27-,28-,29+,30+,31?/m1/s1/i4D/t4?,27-,28-,29+,30+,31?. The Bertz CT molecular complexity index is 1050. The van der Waals surface area contributed by atoms with Gasteiger partial charge in [-0.1, -0.05) is 97.1 Å². The van der Waals surface area contributed by atoms with Crippen molar-refractivity contribution in [2.45, 2.75) is 63.3 Å². The molecule has 3 aromatic carbocycles. The van der Waals surface area contributed by atoms with Crippen LogP contribution < -0.4 is 0 Å². The number of rotatable bonds is 13. The second-order valence-corrected chi connectivity index (χ2v) is 8.77. The van der Waals surface area contributed by atoms with Crippen molar-refractivity contribution in [3.05, 3.63) is 120 Å². The first-order chi connectivity index (χ1) is 18.2. The predicted molar refractivity (Wildman–Crippen MR) is 140 cm³/mol. The number of benzene rings is 3. The zero-order valence-electron chi connectivity index (χ0n) is 21.8. The summed E-state index contributed by atoms with van der Waals surface area (Å²) in [4.78, 5) is 0. The van der Waals surface area contributed by atoms with Crippen LogP contribution >= 0.6 is 0 Å². The number of allylic oxidation sites excluding steroid dienone is 1. The van der Waals surface area contributed by atoms with Crippen LogP contribution in [0.25, 0.3) is 0 Å². The fourth-order valence-electron chi connectivity index (χ4n) is 4.36. The van der Waals surface area contributed by atoms with Crippen LogP contribution in [0, 0.1) is 0 Å². The summed E-state index contributed by atoms with van der Waals surface area (Å²) in [5.74, 6) is 0. The van der Waals surface area contributed by atoms with E-state index in [-0.39, 0.29) is 0 Å². The average Bonchev–Trinajstić information content (AvgIpc) is 2.95. The van der Waals surface area contributed by atoms with E-state index >= 15 is 0 Å². The van der Waals surface area contributed by atoms with Gasteiger partial charge in [0.1, 0.15) is 18.3 Å². The lowest BCUT2D eigenvalue weighted by Crippen LogP contribution is -2.60. The normalized spacial score (nSPS) is 25.1. The van der Waals surface area contributed by atoms with Gasteiger partial charge in [0.15, 0.2) is 6.29 Å². The van der Waals surface area contributed by atoms with E-state index in [0.717, 1.165) is 16.7 Å². The molecule has 1 saturated heterocycles. The van der Waals surface area contributed by atoms with Gasteiger partial charge in [0.2, 0.25) is 0 Å². The molecule has 36 heavy (non-hydrogen) atoms. The molecule has 4 rings (SSSR count). The smallest absolute Gasteiger partial charge is 0.186 e. The van der Waals surface area contributed by atoms with E-state index in [4.69, 9.17) is 25.1 Å². The lowest BCUT2D eigenvalue weighted by Gasteiger charge is -2.45. The van der Waals surface area contributed by atoms with Gasteiger partial charge in [0, 0.05) is 8.48 Å². The van der Waals surface area contributed by atoms with Crippen molar-refractivity contribution in [3.8, 4) is 0 Å². The molecule has 1 aliphatic heterocycles. The van der Waals surface area contributed by atoms with E-state index in [1.807, 2.05) is 91.0 Å². The van der Waals surface area contributed by atoms with Gasteiger partial charge in [-0.3, -0.25) is 0 Å². The summed E-state index contributed by atoms with van der Waals surface area (Å²) < 4.78 is 39.9. The summed E-state index contributed by atoms with van der Waals surface area (Å²) >= 11 is 0. The topological polar surface area (TPSA) is 46.2 Å².